The van der Waals surface area contributed by atoms with Crippen LogP contribution in [0.1, 0.15) is 0 Å². The number of nitrogens with one attached hydrogen (secondary N) is 1. The second kappa shape index (κ2) is 7.93. The molecule has 0 bridgehead atoms. The van der Waals surface area contributed by atoms with Gasteiger partial charge in [0.15, 0.2) is 0 Å². The van der Waals surface area contributed by atoms with Gasteiger partial charge in [-0.3, -0.25) is 0 Å². The van der Waals surface area contributed by atoms with Crippen molar-refractivity contribution in [3.8, 4) is 11.3 Å². The Bertz CT molecular complexity index is 1180. The molecule has 152 valence electrons. The summed E-state index contributed by atoms with van der Waals surface area (Å²) in [5.41, 5.74) is 5.64. The molecule has 1 fully saturated rings. The Morgan fingerprint density at radius 3 is 2.63 bits per heavy atom. The summed E-state index contributed by atoms with van der Waals surface area (Å²) in [6, 6.07) is 14.3. The fraction of sp³-hybridized carbons (Fsp3) is 0.227. The quantitative estimate of drug-likeness (QED) is 0.532. The molecule has 0 aliphatic carbocycles. The fourth-order valence-corrected chi connectivity index (χ4v) is 3.82. The molecular weight excluding hydrogens is 400 g/mol. The first-order chi connectivity index (χ1) is 14.7. The van der Waals surface area contributed by atoms with Crippen LogP contribution in [0.2, 0.25) is 5.02 Å². The van der Waals surface area contributed by atoms with Crippen LogP contribution in [0, 0.1) is 0 Å². The van der Waals surface area contributed by atoms with E-state index in [0.717, 1.165) is 48.6 Å². The number of rotatable bonds is 4. The summed E-state index contributed by atoms with van der Waals surface area (Å²) < 4.78 is 7.40. The summed E-state index contributed by atoms with van der Waals surface area (Å²) in [7, 11) is 1.97. The molecule has 1 aliphatic heterocycles. The molecule has 7 nitrogen and oxygen atoms in total. The number of imidazole rings is 1. The second-order valence-electron chi connectivity index (χ2n) is 7.22. The van der Waals surface area contributed by atoms with E-state index < -0.39 is 0 Å². The number of aromatic nitrogens is 4. The third kappa shape index (κ3) is 3.69. The van der Waals surface area contributed by atoms with Crippen LogP contribution in [0.15, 0.2) is 55.0 Å². The molecule has 30 heavy (non-hydrogen) atoms. The number of halogens is 1. The van der Waals surface area contributed by atoms with Crippen molar-refractivity contribution in [1.82, 2.24) is 19.5 Å². The number of anilines is 3. The number of hydrogen-bond acceptors (Lipinski definition) is 6. The van der Waals surface area contributed by atoms with Gasteiger partial charge in [0.1, 0.15) is 0 Å². The van der Waals surface area contributed by atoms with E-state index in [-0.39, 0.29) is 0 Å². The molecule has 0 saturated carbocycles. The van der Waals surface area contributed by atoms with Crippen LogP contribution >= 0.6 is 11.6 Å². The average Bonchev–Trinajstić information content (AvgIpc) is 3.16. The lowest BCUT2D eigenvalue weighted by atomic mass is 10.1. The van der Waals surface area contributed by atoms with E-state index in [0.29, 0.717) is 16.7 Å². The summed E-state index contributed by atoms with van der Waals surface area (Å²) in [4.78, 5) is 15.7. The topological polar surface area (TPSA) is 68.1 Å². The molecule has 5 rings (SSSR count). The third-order valence-electron chi connectivity index (χ3n) is 5.24. The smallest absolute Gasteiger partial charge is 0.227 e. The van der Waals surface area contributed by atoms with Gasteiger partial charge in [-0.05, 0) is 36.4 Å². The van der Waals surface area contributed by atoms with Crippen LogP contribution in [0.3, 0.4) is 0 Å². The molecule has 2 aromatic heterocycles. The highest BCUT2D eigenvalue weighted by atomic mass is 35.5. The summed E-state index contributed by atoms with van der Waals surface area (Å²) in [5.74, 6) is 0.495. The predicted octanol–water partition coefficient (Wildman–Crippen LogP) is 4.26. The maximum Gasteiger partial charge on any atom is 0.227 e. The molecule has 3 heterocycles. The van der Waals surface area contributed by atoms with Crippen molar-refractivity contribution < 1.29 is 4.74 Å². The SMILES string of the molecule is Cn1cnc2cc(-c3nc(Nc4ccc(N5CCOCC5)cc4)ncc3Cl)ccc21. The molecule has 0 radical (unpaired) electrons. The molecule has 4 aromatic rings. The predicted molar refractivity (Wildman–Crippen MR) is 120 cm³/mol. The van der Waals surface area contributed by atoms with Gasteiger partial charge < -0.3 is 19.5 Å². The van der Waals surface area contributed by atoms with E-state index in [2.05, 4.69) is 37.3 Å². The lowest BCUT2D eigenvalue weighted by Gasteiger charge is -2.28. The monoisotopic (exact) mass is 420 g/mol. The first-order valence-corrected chi connectivity index (χ1v) is 10.2. The number of benzene rings is 2. The van der Waals surface area contributed by atoms with E-state index >= 15 is 0 Å². The van der Waals surface area contributed by atoms with Crippen LogP contribution in [-0.4, -0.2) is 45.8 Å². The zero-order chi connectivity index (χ0) is 20.5. The van der Waals surface area contributed by atoms with Gasteiger partial charge >= 0.3 is 0 Å². The number of nitrogens with zero attached hydrogens (tertiary/aromatic N) is 5. The molecule has 1 saturated heterocycles. The van der Waals surface area contributed by atoms with Crippen LogP contribution < -0.4 is 10.2 Å². The second-order valence-corrected chi connectivity index (χ2v) is 7.63. The van der Waals surface area contributed by atoms with Crippen molar-refractivity contribution in [3.63, 3.8) is 0 Å². The van der Waals surface area contributed by atoms with Crippen LogP contribution in [0.25, 0.3) is 22.3 Å². The Kier molecular flexibility index (Phi) is 4.98. The summed E-state index contributed by atoms with van der Waals surface area (Å²) in [6.45, 7) is 3.37. The molecule has 0 atom stereocenters. The van der Waals surface area contributed by atoms with E-state index in [9.17, 15) is 0 Å². The molecule has 2 aromatic carbocycles. The summed E-state index contributed by atoms with van der Waals surface area (Å²) in [6.07, 6.45) is 3.42. The number of fused-ring (bicyclic) bond motifs is 1. The summed E-state index contributed by atoms with van der Waals surface area (Å²) >= 11 is 6.40. The molecule has 1 N–H and O–H groups in total. The minimum atomic E-state index is 0.495. The van der Waals surface area contributed by atoms with Gasteiger partial charge in [0.05, 0.1) is 47.5 Å². The normalized spacial score (nSPS) is 14.3. The van der Waals surface area contributed by atoms with Crippen molar-refractivity contribution in [2.24, 2.45) is 7.05 Å². The number of ether oxygens (including phenoxy) is 1. The highest BCUT2D eigenvalue weighted by molar-refractivity contribution is 6.33. The van der Waals surface area contributed by atoms with E-state index in [4.69, 9.17) is 16.3 Å². The maximum atomic E-state index is 6.40. The third-order valence-corrected chi connectivity index (χ3v) is 5.52. The number of aryl methyl sites for hydroxylation is 1. The van der Waals surface area contributed by atoms with Gasteiger partial charge in [0.25, 0.3) is 0 Å². The van der Waals surface area contributed by atoms with Crippen molar-refractivity contribution in [1.29, 1.82) is 0 Å². The molecule has 0 unspecified atom stereocenters. The highest BCUT2D eigenvalue weighted by Gasteiger charge is 2.12. The Labute approximate surface area is 179 Å². The Hall–Kier alpha value is -3.16. The van der Waals surface area contributed by atoms with Crippen LogP contribution in [-0.2, 0) is 11.8 Å². The van der Waals surface area contributed by atoms with Crippen molar-refractivity contribution in [3.05, 3.63) is 60.0 Å². The first kappa shape index (κ1) is 18.8. The van der Waals surface area contributed by atoms with Gasteiger partial charge in [0.2, 0.25) is 5.95 Å². The van der Waals surface area contributed by atoms with E-state index in [1.54, 1.807) is 12.5 Å². The lowest BCUT2D eigenvalue weighted by Crippen LogP contribution is -2.36. The first-order valence-electron chi connectivity index (χ1n) is 9.81. The van der Waals surface area contributed by atoms with Gasteiger partial charge in [-0.1, -0.05) is 17.7 Å². The molecule has 1 aliphatic rings. The lowest BCUT2D eigenvalue weighted by molar-refractivity contribution is 0.122. The van der Waals surface area contributed by atoms with Gasteiger partial charge in [0, 0.05) is 37.1 Å². The van der Waals surface area contributed by atoms with Crippen molar-refractivity contribution >= 4 is 40.0 Å². The standard InChI is InChI=1S/C22H21ClN6O/c1-28-14-25-19-12-15(2-7-20(19)28)21-18(23)13-24-22(27-21)26-16-3-5-17(6-4-16)29-8-10-30-11-9-29/h2-7,12-14H,8-11H2,1H3,(H,24,26,27). The zero-order valence-corrected chi connectivity index (χ0v) is 17.3. The molecule has 8 heteroatoms. The van der Waals surface area contributed by atoms with E-state index in [1.165, 1.54) is 5.69 Å². The van der Waals surface area contributed by atoms with Crippen molar-refractivity contribution in [2.75, 3.05) is 36.5 Å². The Morgan fingerprint density at radius 1 is 1.03 bits per heavy atom. The fourth-order valence-electron chi connectivity index (χ4n) is 3.62. The molecular formula is C22H21ClN6O. The van der Waals surface area contributed by atoms with Gasteiger partial charge in [-0.2, -0.15) is 0 Å². The molecule has 0 spiro atoms. The summed E-state index contributed by atoms with van der Waals surface area (Å²) in [5, 5.41) is 3.77. The van der Waals surface area contributed by atoms with E-state index in [1.807, 2.05) is 41.9 Å². The highest BCUT2D eigenvalue weighted by Crippen LogP contribution is 2.29. The van der Waals surface area contributed by atoms with Crippen molar-refractivity contribution in [2.45, 2.75) is 0 Å². The van der Waals surface area contributed by atoms with Crippen LogP contribution in [0.5, 0.6) is 0 Å². The average molecular weight is 421 g/mol. The van der Waals surface area contributed by atoms with Gasteiger partial charge in [-0.15, -0.1) is 0 Å². The maximum absolute atomic E-state index is 6.40. The minimum Gasteiger partial charge on any atom is -0.378 e. The Morgan fingerprint density at radius 2 is 1.83 bits per heavy atom. The van der Waals surface area contributed by atoms with Gasteiger partial charge in [-0.25, -0.2) is 15.0 Å². The zero-order valence-electron chi connectivity index (χ0n) is 16.5. The molecule has 0 amide bonds. The Balaban J connectivity index is 1.38. The minimum absolute atomic E-state index is 0.495. The van der Waals surface area contributed by atoms with Crippen LogP contribution in [0.4, 0.5) is 17.3 Å². The number of morpholine rings is 1. The largest absolute Gasteiger partial charge is 0.378 e. The number of hydrogen-bond donors (Lipinski definition) is 1.